The molecule has 0 amide bonds. The largest absolute Gasteiger partial charge is 0.377 e. The highest BCUT2D eigenvalue weighted by atomic mass is 16.5. The first-order chi connectivity index (χ1) is 7.78. The Bertz CT molecular complexity index is 291. The Kier molecular flexibility index (Phi) is 1.96. The Morgan fingerprint density at radius 2 is 1.81 bits per heavy atom. The van der Waals surface area contributed by atoms with Gasteiger partial charge in [-0.25, -0.2) is 0 Å². The van der Waals surface area contributed by atoms with Crippen LogP contribution >= 0.6 is 0 Å². The molecule has 0 saturated carbocycles. The first-order valence-corrected chi connectivity index (χ1v) is 6.55. The van der Waals surface area contributed by atoms with Crippen LogP contribution in [-0.2, 0) is 9.47 Å². The number of hydrogen-bond donors (Lipinski definition) is 2. The molecule has 90 valence electrons. The highest BCUT2D eigenvalue weighted by molar-refractivity contribution is 5.07. The molecule has 4 heterocycles. The van der Waals surface area contributed by atoms with Crippen molar-refractivity contribution in [3.05, 3.63) is 0 Å². The van der Waals surface area contributed by atoms with Gasteiger partial charge < -0.3 is 14.8 Å². The van der Waals surface area contributed by atoms with E-state index in [1.54, 1.807) is 0 Å². The molecule has 4 aliphatic rings. The Balaban J connectivity index is 1.56. The van der Waals surface area contributed by atoms with Crippen LogP contribution in [-0.4, -0.2) is 43.2 Å². The van der Waals surface area contributed by atoms with Gasteiger partial charge in [-0.3, -0.25) is 5.32 Å². The van der Waals surface area contributed by atoms with Crippen molar-refractivity contribution in [2.45, 2.75) is 55.5 Å². The van der Waals surface area contributed by atoms with E-state index in [0.29, 0.717) is 12.1 Å². The van der Waals surface area contributed by atoms with Crippen LogP contribution in [0, 0.1) is 0 Å². The summed E-state index contributed by atoms with van der Waals surface area (Å²) in [6.07, 6.45) is 6.01. The summed E-state index contributed by atoms with van der Waals surface area (Å²) in [4.78, 5) is 0. The zero-order valence-corrected chi connectivity index (χ0v) is 9.63. The topological polar surface area (TPSA) is 42.5 Å². The Hall–Kier alpha value is -0.160. The Labute approximate surface area is 96.1 Å². The lowest BCUT2D eigenvalue weighted by Gasteiger charge is -2.55. The van der Waals surface area contributed by atoms with Crippen LogP contribution in [0.15, 0.2) is 0 Å². The molecule has 2 bridgehead atoms. The Morgan fingerprint density at radius 3 is 2.44 bits per heavy atom. The third-order valence-electron chi connectivity index (χ3n) is 4.70. The minimum Gasteiger partial charge on any atom is -0.377 e. The Morgan fingerprint density at radius 1 is 1.06 bits per heavy atom. The summed E-state index contributed by atoms with van der Waals surface area (Å²) >= 11 is 0. The molecule has 4 fully saturated rings. The quantitative estimate of drug-likeness (QED) is 0.624. The van der Waals surface area contributed by atoms with E-state index in [2.05, 4.69) is 10.6 Å². The second-order valence-corrected chi connectivity index (χ2v) is 6.04. The lowest BCUT2D eigenvalue weighted by Crippen LogP contribution is -2.73. The summed E-state index contributed by atoms with van der Waals surface area (Å²) < 4.78 is 11.5. The van der Waals surface area contributed by atoms with Gasteiger partial charge in [0.1, 0.15) is 5.72 Å². The number of ether oxygens (including phenoxy) is 2. The average molecular weight is 224 g/mol. The smallest absolute Gasteiger partial charge is 0.122 e. The van der Waals surface area contributed by atoms with E-state index in [-0.39, 0.29) is 11.3 Å². The summed E-state index contributed by atoms with van der Waals surface area (Å²) in [5.74, 6) is 0. The fourth-order valence-corrected chi connectivity index (χ4v) is 3.91. The normalized spacial score (nSPS) is 49.5. The summed E-state index contributed by atoms with van der Waals surface area (Å²) in [7, 11) is 0. The predicted octanol–water partition coefficient (Wildman–Crippen LogP) is 0.376. The maximum Gasteiger partial charge on any atom is 0.122 e. The minimum absolute atomic E-state index is 0.0425. The molecule has 0 aliphatic carbocycles. The highest BCUT2D eigenvalue weighted by Gasteiger charge is 2.53. The van der Waals surface area contributed by atoms with Crippen molar-refractivity contribution in [1.82, 2.24) is 10.6 Å². The fraction of sp³-hybridized carbons (Fsp3) is 1.00. The standard InChI is InChI=1S/C12H20N2O2/c1-2-10-6-12(5-9(1)13-10)14-11(3-4-16-12)7-15-8-11/h9-10,13-14H,1-8H2. The van der Waals surface area contributed by atoms with Gasteiger partial charge in [0, 0.05) is 24.9 Å². The van der Waals surface area contributed by atoms with Crippen LogP contribution in [0.2, 0.25) is 0 Å². The number of nitrogens with one attached hydrogen (secondary N) is 2. The summed E-state index contributed by atoms with van der Waals surface area (Å²) in [5.41, 5.74) is 0.203. The van der Waals surface area contributed by atoms with Crippen molar-refractivity contribution in [2.75, 3.05) is 19.8 Å². The molecule has 2 unspecified atom stereocenters. The molecule has 0 aromatic rings. The molecule has 2 atom stereocenters. The maximum absolute atomic E-state index is 6.11. The lowest BCUT2D eigenvalue weighted by molar-refractivity contribution is -0.208. The van der Waals surface area contributed by atoms with Gasteiger partial charge in [0.05, 0.1) is 25.4 Å². The average Bonchev–Trinajstić information content (AvgIpc) is 2.57. The highest BCUT2D eigenvalue weighted by Crippen LogP contribution is 2.40. The summed E-state index contributed by atoms with van der Waals surface area (Å²) in [6.45, 7) is 2.65. The zero-order chi connectivity index (χ0) is 10.6. The van der Waals surface area contributed by atoms with Gasteiger partial charge in [0.2, 0.25) is 0 Å². The van der Waals surface area contributed by atoms with Crippen molar-refractivity contribution in [2.24, 2.45) is 0 Å². The number of piperidine rings is 1. The minimum atomic E-state index is -0.0425. The van der Waals surface area contributed by atoms with Gasteiger partial charge in [-0.1, -0.05) is 0 Å². The molecule has 2 spiro atoms. The zero-order valence-electron chi connectivity index (χ0n) is 9.63. The van der Waals surface area contributed by atoms with Gasteiger partial charge in [0.15, 0.2) is 0 Å². The first-order valence-electron chi connectivity index (χ1n) is 6.55. The third-order valence-corrected chi connectivity index (χ3v) is 4.70. The van der Waals surface area contributed by atoms with Gasteiger partial charge in [-0.2, -0.15) is 0 Å². The number of hydrogen-bond acceptors (Lipinski definition) is 4. The van der Waals surface area contributed by atoms with Crippen LogP contribution < -0.4 is 10.6 Å². The molecule has 2 N–H and O–H groups in total. The van der Waals surface area contributed by atoms with E-state index < -0.39 is 0 Å². The number of rotatable bonds is 0. The molecule has 0 aromatic carbocycles. The molecule has 4 rings (SSSR count). The molecular weight excluding hydrogens is 204 g/mol. The van der Waals surface area contributed by atoms with Crippen LogP contribution in [0.5, 0.6) is 0 Å². The van der Waals surface area contributed by atoms with Gasteiger partial charge >= 0.3 is 0 Å². The van der Waals surface area contributed by atoms with Crippen molar-refractivity contribution in [1.29, 1.82) is 0 Å². The molecule has 16 heavy (non-hydrogen) atoms. The fourth-order valence-electron chi connectivity index (χ4n) is 3.91. The second-order valence-electron chi connectivity index (χ2n) is 6.04. The molecule has 4 saturated heterocycles. The summed E-state index contributed by atoms with van der Waals surface area (Å²) in [5, 5.41) is 7.47. The maximum atomic E-state index is 6.11. The molecule has 4 nitrogen and oxygen atoms in total. The molecule has 0 radical (unpaired) electrons. The molecular formula is C12H20N2O2. The lowest BCUT2D eigenvalue weighted by atomic mass is 9.85. The van der Waals surface area contributed by atoms with Crippen molar-refractivity contribution >= 4 is 0 Å². The van der Waals surface area contributed by atoms with E-state index in [1.165, 1.54) is 12.8 Å². The van der Waals surface area contributed by atoms with Gasteiger partial charge in [0.25, 0.3) is 0 Å². The van der Waals surface area contributed by atoms with Crippen molar-refractivity contribution in [3.8, 4) is 0 Å². The summed E-state index contributed by atoms with van der Waals surface area (Å²) in [6, 6.07) is 1.34. The van der Waals surface area contributed by atoms with Crippen molar-refractivity contribution in [3.63, 3.8) is 0 Å². The SMILES string of the molecule is C1CC2(COC2)NC2(CC3CCC(C2)N3)O1. The van der Waals surface area contributed by atoms with E-state index in [9.17, 15) is 0 Å². The van der Waals surface area contributed by atoms with Crippen LogP contribution in [0.25, 0.3) is 0 Å². The van der Waals surface area contributed by atoms with Crippen molar-refractivity contribution < 1.29 is 9.47 Å². The van der Waals surface area contributed by atoms with Gasteiger partial charge in [-0.15, -0.1) is 0 Å². The van der Waals surface area contributed by atoms with E-state index in [1.807, 2.05) is 0 Å². The van der Waals surface area contributed by atoms with E-state index >= 15 is 0 Å². The molecule has 4 aliphatic heterocycles. The molecule has 4 heteroatoms. The van der Waals surface area contributed by atoms with E-state index in [4.69, 9.17) is 9.47 Å². The number of fused-ring (bicyclic) bond motifs is 2. The third kappa shape index (κ3) is 1.37. The van der Waals surface area contributed by atoms with Crippen LogP contribution in [0.3, 0.4) is 0 Å². The van der Waals surface area contributed by atoms with Crippen LogP contribution in [0.4, 0.5) is 0 Å². The predicted molar refractivity (Wildman–Crippen MR) is 59.2 cm³/mol. The van der Waals surface area contributed by atoms with Gasteiger partial charge in [-0.05, 0) is 19.3 Å². The van der Waals surface area contributed by atoms with Crippen LogP contribution in [0.1, 0.15) is 32.1 Å². The first kappa shape index (κ1) is 9.83. The monoisotopic (exact) mass is 224 g/mol. The molecule has 0 aromatic heterocycles. The van der Waals surface area contributed by atoms with E-state index in [0.717, 1.165) is 39.1 Å². The second kappa shape index (κ2) is 3.19.